The zero-order valence-corrected chi connectivity index (χ0v) is 35.9. The topological polar surface area (TPSA) is 132 Å². The molecule has 4 aromatic carbocycles. The average Bonchev–Trinajstić information content (AvgIpc) is 3.94. The van der Waals surface area contributed by atoms with Crippen molar-refractivity contribution in [3.8, 4) is 22.9 Å². The maximum Gasteiger partial charge on any atom is 0.488 e. The number of pyridine rings is 2. The number of hydrogen-bond donors (Lipinski definition) is 4. The van der Waals surface area contributed by atoms with E-state index < -0.39 is 7.12 Å². The van der Waals surface area contributed by atoms with Crippen molar-refractivity contribution < 1.29 is 29.7 Å². The molecule has 4 N–H and O–H groups in total. The van der Waals surface area contributed by atoms with Crippen molar-refractivity contribution >= 4 is 39.9 Å². The quantitative estimate of drug-likeness (QED) is 0.0958. The summed E-state index contributed by atoms with van der Waals surface area (Å²) in [5.41, 5.74) is 9.76. The van der Waals surface area contributed by atoms with Crippen molar-refractivity contribution in [2.24, 2.45) is 0 Å². The molecule has 0 amide bonds. The van der Waals surface area contributed by atoms with Crippen LogP contribution in [0.2, 0.25) is 0 Å². The zero-order valence-electron chi connectivity index (χ0n) is 34.3. The predicted molar refractivity (Wildman–Crippen MR) is 244 cm³/mol. The number of anilines is 2. The second-order valence-corrected chi connectivity index (χ2v) is 15.8. The summed E-state index contributed by atoms with van der Waals surface area (Å²) in [7, 11) is -1.34. The van der Waals surface area contributed by atoms with Crippen LogP contribution >= 0.6 is 15.9 Å². The van der Waals surface area contributed by atoms with Crippen LogP contribution in [0.4, 0.5) is 11.4 Å². The number of aliphatic hydroxyl groups is 2. The van der Waals surface area contributed by atoms with Gasteiger partial charge in [-0.05, 0) is 96.9 Å². The summed E-state index contributed by atoms with van der Waals surface area (Å²) in [6.07, 6.45) is 7.08. The molecule has 2 aliphatic heterocycles. The number of nitrogens with zero attached hydrogens (tertiary/aromatic N) is 4. The summed E-state index contributed by atoms with van der Waals surface area (Å²) in [5, 5.41) is 36.0. The number of rotatable bonds is 12. The monoisotopic (exact) mass is 872 g/mol. The normalized spacial score (nSPS) is 15.7. The second-order valence-electron chi connectivity index (χ2n) is 14.9. The van der Waals surface area contributed by atoms with E-state index in [2.05, 4.69) is 90.3 Å². The van der Waals surface area contributed by atoms with Gasteiger partial charge in [-0.15, -0.1) is 0 Å². The van der Waals surface area contributed by atoms with Gasteiger partial charge >= 0.3 is 7.12 Å². The van der Waals surface area contributed by atoms with Gasteiger partial charge in [0.25, 0.3) is 0 Å². The molecule has 2 saturated heterocycles. The van der Waals surface area contributed by atoms with Gasteiger partial charge in [-0.25, -0.2) is 9.97 Å². The number of halogens is 1. The molecule has 6 aromatic rings. The average molecular weight is 874 g/mol. The Balaban J connectivity index is 0.000000169. The van der Waals surface area contributed by atoms with Crippen molar-refractivity contribution in [1.82, 2.24) is 9.97 Å². The third kappa shape index (κ3) is 12.4. The van der Waals surface area contributed by atoms with Gasteiger partial charge in [-0.1, -0.05) is 94.8 Å². The van der Waals surface area contributed by atoms with Gasteiger partial charge in [0, 0.05) is 78.5 Å². The SMILES string of the molecule is Cc1cccnc1O[C@H]1CCN(c2ccc(-c3ccccc3)cc2CCO)C1.Cc1cccnc1O[C@H]1CCN(c2ccc(Br)cc2CCO)C1.OB(O)c1ccccc1. The van der Waals surface area contributed by atoms with Crippen LogP contribution in [0, 0.1) is 13.8 Å². The van der Waals surface area contributed by atoms with E-state index in [1.807, 2.05) is 56.3 Å². The lowest BCUT2D eigenvalue weighted by Gasteiger charge is -2.23. The van der Waals surface area contributed by atoms with Crippen LogP contribution in [0.3, 0.4) is 0 Å². The highest BCUT2D eigenvalue weighted by atomic mass is 79.9. The summed E-state index contributed by atoms with van der Waals surface area (Å²) >= 11 is 3.51. The lowest BCUT2D eigenvalue weighted by Crippen LogP contribution is -2.29. The van der Waals surface area contributed by atoms with Crippen molar-refractivity contribution in [3.05, 3.63) is 160 Å². The lowest BCUT2D eigenvalue weighted by molar-refractivity contribution is 0.214. The fourth-order valence-electron chi connectivity index (χ4n) is 7.42. The largest absolute Gasteiger partial charge is 0.488 e. The van der Waals surface area contributed by atoms with Gasteiger partial charge < -0.3 is 39.5 Å². The highest BCUT2D eigenvalue weighted by Gasteiger charge is 2.28. The van der Waals surface area contributed by atoms with E-state index in [1.165, 1.54) is 28.1 Å². The molecule has 0 radical (unpaired) electrons. The summed E-state index contributed by atoms with van der Waals surface area (Å²) < 4.78 is 13.3. The highest BCUT2D eigenvalue weighted by molar-refractivity contribution is 9.10. The summed E-state index contributed by atoms with van der Waals surface area (Å²) in [6, 6.07) is 39.7. The molecular weight excluding hydrogens is 819 g/mol. The Labute approximate surface area is 362 Å². The van der Waals surface area contributed by atoms with Crippen LogP contribution in [0.15, 0.2) is 138 Å². The van der Waals surface area contributed by atoms with E-state index in [-0.39, 0.29) is 25.4 Å². The van der Waals surface area contributed by atoms with Gasteiger partial charge in [-0.2, -0.15) is 0 Å². The first-order valence-corrected chi connectivity index (χ1v) is 21.3. The fourth-order valence-corrected chi connectivity index (χ4v) is 7.83. The van der Waals surface area contributed by atoms with Crippen molar-refractivity contribution in [2.75, 3.05) is 49.2 Å². The Morgan fingerprint density at radius 1 is 0.617 bits per heavy atom. The van der Waals surface area contributed by atoms with Crippen molar-refractivity contribution in [1.29, 1.82) is 0 Å². The van der Waals surface area contributed by atoms with Crippen LogP contribution in [-0.2, 0) is 12.8 Å². The smallest absolute Gasteiger partial charge is 0.472 e. The van der Waals surface area contributed by atoms with Gasteiger partial charge in [-0.3, -0.25) is 0 Å². The molecule has 312 valence electrons. The molecule has 2 aromatic heterocycles. The Morgan fingerprint density at radius 3 is 1.60 bits per heavy atom. The molecule has 12 heteroatoms. The van der Waals surface area contributed by atoms with Gasteiger partial charge in [0.1, 0.15) is 12.2 Å². The minimum atomic E-state index is -1.34. The lowest BCUT2D eigenvalue weighted by atomic mass is 9.81. The first-order chi connectivity index (χ1) is 29.2. The second kappa shape index (κ2) is 22.4. The van der Waals surface area contributed by atoms with Crippen LogP contribution < -0.4 is 24.7 Å². The summed E-state index contributed by atoms with van der Waals surface area (Å²) in [5.74, 6) is 1.45. The molecule has 60 heavy (non-hydrogen) atoms. The Hall–Kier alpha value is -5.24. The number of aryl methyl sites for hydroxylation is 2. The van der Waals surface area contributed by atoms with Crippen LogP contribution in [0.5, 0.6) is 11.8 Å². The van der Waals surface area contributed by atoms with E-state index in [9.17, 15) is 10.2 Å². The molecular formula is C48H54BBrN4O6. The molecule has 2 aliphatic rings. The van der Waals surface area contributed by atoms with E-state index >= 15 is 0 Å². The molecule has 2 fully saturated rings. The maximum atomic E-state index is 9.57. The Kier molecular flexibility index (Phi) is 16.5. The number of hydrogen-bond acceptors (Lipinski definition) is 10. The standard InChI is InChI=1S/C24H26N2O2.C18H21BrN2O2.C6H7BO2/c1-18-6-5-13-25-24(18)28-22-11-14-26(17-22)23-10-9-20(16-21(23)12-15-27)19-7-3-2-4-8-19;1-13-3-2-8-20-18(13)23-16-6-9-21(12-16)17-5-4-15(19)11-14(17)7-10-22;8-7(9)6-4-2-1-3-5-6/h2-10,13,16,22,27H,11-12,14-15,17H2,1H3;2-5,8,11,16,22H,6-7,9-10,12H2,1H3;1-5,8-9H/t22-;16-;/m00./s1. The molecule has 0 unspecified atom stereocenters. The molecule has 8 rings (SSSR count). The zero-order chi connectivity index (χ0) is 42.3. The number of ether oxygens (including phenoxy) is 2. The molecule has 0 saturated carbocycles. The highest BCUT2D eigenvalue weighted by Crippen LogP contribution is 2.32. The fraction of sp³-hybridized carbons (Fsp3) is 0.292. The van der Waals surface area contributed by atoms with Gasteiger partial charge in [0.2, 0.25) is 11.8 Å². The molecule has 0 spiro atoms. The molecule has 0 aliphatic carbocycles. The first-order valence-electron chi connectivity index (χ1n) is 20.5. The van der Waals surface area contributed by atoms with E-state index in [0.717, 1.165) is 71.9 Å². The van der Waals surface area contributed by atoms with E-state index in [4.69, 9.17) is 19.5 Å². The van der Waals surface area contributed by atoms with Crippen LogP contribution in [-0.4, -0.2) is 88.9 Å². The van der Waals surface area contributed by atoms with Crippen molar-refractivity contribution in [3.63, 3.8) is 0 Å². The third-order valence-electron chi connectivity index (χ3n) is 10.5. The molecule has 4 heterocycles. The summed E-state index contributed by atoms with van der Waals surface area (Å²) in [4.78, 5) is 13.4. The molecule has 0 bridgehead atoms. The van der Waals surface area contributed by atoms with E-state index in [0.29, 0.717) is 18.3 Å². The van der Waals surface area contributed by atoms with Gasteiger partial charge in [0.05, 0.1) is 13.1 Å². The molecule has 2 atom stereocenters. The molecule has 10 nitrogen and oxygen atoms in total. The van der Waals surface area contributed by atoms with Gasteiger partial charge in [0.15, 0.2) is 0 Å². The maximum absolute atomic E-state index is 9.57. The number of aliphatic hydroxyl groups excluding tert-OH is 2. The number of benzene rings is 4. The van der Waals surface area contributed by atoms with Crippen LogP contribution in [0.25, 0.3) is 11.1 Å². The Bertz CT molecular complexity index is 2230. The Morgan fingerprint density at radius 2 is 1.12 bits per heavy atom. The predicted octanol–water partition coefficient (Wildman–Crippen LogP) is 6.96. The van der Waals surface area contributed by atoms with Crippen molar-refractivity contribution in [2.45, 2.75) is 51.7 Å². The van der Waals surface area contributed by atoms with E-state index in [1.54, 1.807) is 36.7 Å². The third-order valence-corrected chi connectivity index (χ3v) is 11.0. The number of aromatic nitrogens is 2. The minimum absolute atomic E-state index is 0.129. The van der Waals surface area contributed by atoms with Crippen LogP contribution in [0.1, 0.15) is 35.1 Å². The minimum Gasteiger partial charge on any atom is -0.472 e. The summed E-state index contributed by atoms with van der Waals surface area (Å²) in [6.45, 7) is 7.92. The first kappa shape index (κ1) is 44.3.